The zero-order valence-electron chi connectivity index (χ0n) is 41.2. The molecule has 2 atom stereocenters. The molecule has 0 aromatic heterocycles. The molecule has 0 aliphatic rings. The van der Waals surface area contributed by atoms with Gasteiger partial charge in [0.2, 0.25) is 5.91 Å². The fourth-order valence-electron chi connectivity index (χ4n) is 8.58. The number of aliphatic hydroxyl groups excluding tert-OH is 2. The third-order valence-corrected chi connectivity index (χ3v) is 12.8. The molecule has 0 heterocycles. The quantitative estimate of drug-likeness (QED) is 0.0322. The van der Waals surface area contributed by atoms with Crippen LogP contribution in [0.2, 0.25) is 0 Å². The van der Waals surface area contributed by atoms with Gasteiger partial charge in [0.15, 0.2) is 0 Å². The lowest BCUT2D eigenvalue weighted by atomic mass is 10.0. The SMILES string of the molecule is CCCCCCCCCCCCCCCCCCCCC/C=C/C(O)C(CO)NC(=O)CCCCCCCCCCCCCOC(=O)CCCCCCCCCCCCCC. The number of hydrogen-bond acceptors (Lipinski definition) is 5. The molecule has 61 heavy (non-hydrogen) atoms. The fourth-order valence-corrected chi connectivity index (χ4v) is 8.58. The van der Waals surface area contributed by atoms with Crippen LogP contribution in [0.3, 0.4) is 0 Å². The first-order chi connectivity index (χ1) is 30.0. The van der Waals surface area contributed by atoms with Crippen molar-refractivity contribution < 1.29 is 24.5 Å². The van der Waals surface area contributed by atoms with Crippen molar-refractivity contribution >= 4 is 11.9 Å². The van der Waals surface area contributed by atoms with Crippen LogP contribution in [0, 0.1) is 0 Å². The predicted octanol–water partition coefficient (Wildman–Crippen LogP) is 16.5. The van der Waals surface area contributed by atoms with Gasteiger partial charge in [-0.1, -0.05) is 270 Å². The second kappa shape index (κ2) is 51.2. The van der Waals surface area contributed by atoms with Crippen molar-refractivity contribution in [3.8, 4) is 0 Å². The maximum Gasteiger partial charge on any atom is 0.305 e. The zero-order valence-corrected chi connectivity index (χ0v) is 41.2. The summed E-state index contributed by atoms with van der Waals surface area (Å²) >= 11 is 0. The van der Waals surface area contributed by atoms with Gasteiger partial charge in [-0.05, 0) is 32.1 Å². The molecule has 1 amide bonds. The molecule has 0 aromatic rings. The van der Waals surface area contributed by atoms with E-state index in [9.17, 15) is 19.8 Å². The Bertz CT molecular complexity index is 909. The standard InChI is InChI=1S/C55H107NO5/c1-3-5-7-9-11-13-15-17-18-19-20-21-22-23-24-25-27-31-35-39-43-47-53(58)52(51-57)56-54(59)48-44-40-36-32-28-26-30-34-38-42-46-50-61-55(60)49-45-41-37-33-29-16-14-12-10-8-6-4-2/h43,47,52-53,57-58H,3-42,44-46,48-51H2,1-2H3,(H,56,59)/b47-43+. The van der Waals surface area contributed by atoms with Gasteiger partial charge in [0.1, 0.15) is 0 Å². The Morgan fingerprint density at radius 2 is 0.754 bits per heavy atom. The van der Waals surface area contributed by atoms with E-state index in [1.807, 2.05) is 6.08 Å². The number of nitrogens with one attached hydrogen (secondary N) is 1. The Morgan fingerprint density at radius 3 is 1.11 bits per heavy atom. The molecular weight excluding hydrogens is 755 g/mol. The van der Waals surface area contributed by atoms with Gasteiger partial charge in [-0.3, -0.25) is 9.59 Å². The normalized spacial score (nSPS) is 12.7. The highest BCUT2D eigenvalue weighted by molar-refractivity contribution is 5.76. The van der Waals surface area contributed by atoms with E-state index >= 15 is 0 Å². The number of unbranched alkanes of at least 4 members (excludes halogenated alkanes) is 40. The Balaban J connectivity index is 3.50. The molecule has 0 bridgehead atoms. The highest BCUT2D eigenvalue weighted by Gasteiger charge is 2.18. The lowest BCUT2D eigenvalue weighted by Gasteiger charge is -2.20. The van der Waals surface area contributed by atoms with Crippen molar-refractivity contribution in [3.05, 3.63) is 12.2 Å². The third kappa shape index (κ3) is 47.9. The highest BCUT2D eigenvalue weighted by Crippen LogP contribution is 2.17. The van der Waals surface area contributed by atoms with Gasteiger partial charge in [0.05, 0.1) is 25.4 Å². The summed E-state index contributed by atoms with van der Waals surface area (Å²) in [6, 6.07) is -0.641. The molecule has 0 aliphatic heterocycles. The number of rotatable bonds is 51. The minimum atomic E-state index is -0.856. The van der Waals surface area contributed by atoms with E-state index in [4.69, 9.17) is 4.74 Å². The number of carbonyl (C=O) groups excluding carboxylic acids is 2. The summed E-state index contributed by atoms with van der Waals surface area (Å²) in [5, 5.41) is 23.1. The summed E-state index contributed by atoms with van der Waals surface area (Å²) in [6.07, 6.45) is 59.3. The summed E-state index contributed by atoms with van der Waals surface area (Å²) in [5.41, 5.74) is 0. The van der Waals surface area contributed by atoms with E-state index in [1.165, 1.54) is 218 Å². The fraction of sp³-hybridized carbons (Fsp3) is 0.927. The van der Waals surface area contributed by atoms with Crippen molar-refractivity contribution in [2.45, 2.75) is 315 Å². The Kier molecular flexibility index (Phi) is 50.1. The van der Waals surface area contributed by atoms with E-state index in [0.717, 1.165) is 57.8 Å². The number of hydrogen-bond donors (Lipinski definition) is 3. The van der Waals surface area contributed by atoms with E-state index < -0.39 is 12.1 Å². The largest absolute Gasteiger partial charge is 0.466 e. The summed E-state index contributed by atoms with van der Waals surface area (Å²) in [7, 11) is 0. The maximum absolute atomic E-state index is 12.5. The average molecular weight is 862 g/mol. The van der Waals surface area contributed by atoms with Gasteiger partial charge in [-0.15, -0.1) is 0 Å². The summed E-state index contributed by atoms with van der Waals surface area (Å²) < 4.78 is 5.45. The minimum absolute atomic E-state index is 0.0140. The lowest BCUT2D eigenvalue weighted by Crippen LogP contribution is -2.45. The maximum atomic E-state index is 12.5. The van der Waals surface area contributed by atoms with Gasteiger partial charge in [0.25, 0.3) is 0 Å². The summed E-state index contributed by atoms with van der Waals surface area (Å²) in [6.45, 7) is 4.88. The third-order valence-electron chi connectivity index (χ3n) is 12.8. The molecule has 3 N–H and O–H groups in total. The van der Waals surface area contributed by atoms with Gasteiger partial charge in [0, 0.05) is 12.8 Å². The first kappa shape index (κ1) is 59.6. The second-order valence-electron chi connectivity index (χ2n) is 18.9. The Labute approximate surface area is 380 Å². The minimum Gasteiger partial charge on any atom is -0.466 e. The molecule has 6 heteroatoms. The van der Waals surface area contributed by atoms with E-state index in [-0.39, 0.29) is 18.5 Å². The molecule has 6 nitrogen and oxygen atoms in total. The van der Waals surface area contributed by atoms with Gasteiger partial charge in [-0.25, -0.2) is 0 Å². The predicted molar refractivity (Wildman–Crippen MR) is 264 cm³/mol. The number of ether oxygens (including phenoxy) is 1. The first-order valence-corrected chi connectivity index (χ1v) is 27.5. The average Bonchev–Trinajstić information content (AvgIpc) is 3.26. The Hall–Kier alpha value is -1.40. The molecule has 0 saturated carbocycles. The molecule has 0 fully saturated rings. The molecular formula is C55H107NO5. The second-order valence-corrected chi connectivity index (χ2v) is 18.9. The van der Waals surface area contributed by atoms with Crippen LogP contribution >= 0.6 is 0 Å². The smallest absolute Gasteiger partial charge is 0.305 e. The van der Waals surface area contributed by atoms with Crippen LogP contribution in [0.1, 0.15) is 303 Å². The lowest BCUT2D eigenvalue weighted by molar-refractivity contribution is -0.143. The highest BCUT2D eigenvalue weighted by atomic mass is 16.5. The number of aliphatic hydroxyl groups is 2. The van der Waals surface area contributed by atoms with E-state index in [1.54, 1.807) is 6.08 Å². The van der Waals surface area contributed by atoms with Crippen LogP contribution in [-0.4, -0.2) is 47.4 Å². The molecule has 0 rings (SSSR count). The molecule has 0 aromatic carbocycles. The number of esters is 1. The van der Waals surface area contributed by atoms with Crippen LogP contribution in [0.5, 0.6) is 0 Å². The topological polar surface area (TPSA) is 95.9 Å². The van der Waals surface area contributed by atoms with Crippen LogP contribution < -0.4 is 5.32 Å². The van der Waals surface area contributed by atoms with Crippen molar-refractivity contribution in [3.63, 3.8) is 0 Å². The molecule has 0 saturated heterocycles. The number of carbonyl (C=O) groups is 2. The van der Waals surface area contributed by atoms with Crippen LogP contribution in [-0.2, 0) is 14.3 Å². The molecule has 0 aliphatic carbocycles. The molecule has 0 radical (unpaired) electrons. The van der Waals surface area contributed by atoms with E-state index in [0.29, 0.717) is 19.4 Å². The van der Waals surface area contributed by atoms with Crippen molar-refractivity contribution in [1.29, 1.82) is 0 Å². The number of allylic oxidation sites excluding steroid dienone is 1. The van der Waals surface area contributed by atoms with Crippen LogP contribution in [0.4, 0.5) is 0 Å². The van der Waals surface area contributed by atoms with Gasteiger partial charge in [-0.2, -0.15) is 0 Å². The number of amides is 1. The van der Waals surface area contributed by atoms with Gasteiger partial charge < -0.3 is 20.3 Å². The van der Waals surface area contributed by atoms with Crippen LogP contribution in [0.15, 0.2) is 12.2 Å². The Morgan fingerprint density at radius 1 is 0.443 bits per heavy atom. The van der Waals surface area contributed by atoms with Gasteiger partial charge >= 0.3 is 5.97 Å². The van der Waals surface area contributed by atoms with Crippen molar-refractivity contribution in [2.75, 3.05) is 13.2 Å². The molecule has 0 spiro atoms. The van der Waals surface area contributed by atoms with Crippen LogP contribution in [0.25, 0.3) is 0 Å². The first-order valence-electron chi connectivity index (χ1n) is 27.5. The van der Waals surface area contributed by atoms with E-state index in [2.05, 4.69) is 19.2 Å². The summed E-state index contributed by atoms with van der Waals surface area (Å²) in [4.78, 5) is 24.5. The van der Waals surface area contributed by atoms with Crippen molar-refractivity contribution in [2.24, 2.45) is 0 Å². The monoisotopic (exact) mass is 862 g/mol. The summed E-state index contributed by atoms with van der Waals surface area (Å²) in [5.74, 6) is -0.0977. The van der Waals surface area contributed by atoms with Crippen molar-refractivity contribution in [1.82, 2.24) is 5.32 Å². The molecule has 362 valence electrons. The molecule has 2 unspecified atom stereocenters. The zero-order chi connectivity index (χ0) is 44.4.